The van der Waals surface area contributed by atoms with Gasteiger partial charge in [-0.1, -0.05) is 35.5 Å². The van der Waals surface area contributed by atoms with Crippen LogP contribution in [0.3, 0.4) is 0 Å². The number of nitrogens with two attached hydrogens (primary N) is 1. The molecule has 0 fully saturated rings. The van der Waals surface area contributed by atoms with Gasteiger partial charge in [-0.15, -0.1) is 11.3 Å². The Labute approximate surface area is 169 Å². The monoisotopic (exact) mass is 405 g/mol. The number of nitrogens with one attached hydrogen (secondary N) is 2. The molecule has 2 heterocycles. The van der Waals surface area contributed by atoms with Crippen molar-refractivity contribution in [3.63, 3.8) is 0 Å². The Morgan fingerprint density at radius 1 is 0.931 bits per heavy atom. The molecule has 144 valence electrons. The average molecular weight is 405 g/mol. The lowest BCUT2D eigenvalue weighted by atomic mass is 10.2. The summed E-state index contributed by atoms with van der Waals surface area (Å²) in [7, 11) is 0. The van der Waals surface area contributed by atoms with Crippen LogP contribution in [0.5, 0.6) is 0 Å². The SMILES string of the molecule is NC(=O)c1ccc(-c2nc(-c3cccc(NC(=O)Nc4ccccc4)c3)no2)s1. The van der Waals surface area contributed by atoms with Crippen molar-refractivity contribution in [2.24, 2.45) is 5.73 Å². The van der Waals surface area contributed by atoms with E-state index in [2.05, 4.69) is 20.8 Å². The Balaban J connectivity index is 1.49. The normalized spacial score (nSPS) is 10.5. The molecule has 2 aromatic heterocycles. The summed E-state index contributed by atoms with van der Waals surface area (Å²) < 4.78 is 5.30. The number of nitrogens with zero attached hydrogens (tertiary/aromatic N) is 2. The molecule has 4 N–H and O–H groups in total. The smallest absolute Gasteiger partial charge is 0.323 e. The number of aromatic nitrogens is 2. The highest BCUT2D eigenvalue weighted by Crippen LogP contribution is 2.29. The topological polar surface area (TPSA) is 123 Å². The molecule has 0 unspecified atom stereocenters. The first kappa shape index (κ1) is 18.4. The second-order valence-corrected chi connectivity index (χ2v) is 7.06. The number of thiophene rings is 1. The summed E-state index contributed by atoms with van der Waals surface area (Å²) in [5, 5.41) is 9.50. The number of carbonyl (C=O) groups is 2. The zero-order valence-electron chi connectivity index (χ0n) is 15.0. The summed E-state index contributed by atoms with van der Waals surface area (Å²) in [6.07, 6.45) is 0. The Kier molecular flexibility index (Phi) is 5.04. The number of hydrogen-bond acceptors (Lipinski definition) is 6. The van der Waals surface area contributed by atoms with Crippen LogP contribution in [-0.2, 0) is 0 Å². The van der Waals surface area contributed by atoms with E-state index in [9.17, 15) is 9.59 Å². The number of para-hydroxylation sites is 1. The van der Waals surface area contributed by atoms with Crippen molar-refractivity contribution in [3.8, 4) is 22.2 Å². The average Bonchev–Trinajstić information content (AvgIpc) is 3.39. The molecule has 0 radical (unpaired) electrons. The highest BCUT2D eigenvalue weighted by atomic mass is 32.1. The minimum atomic E-state index is -0.506. The maximum atomic E-state index is 12.2. The molecule has 2 aromatic carbocycles. The minimum absolute atomic E-state index is 0.290. The van der Waals surface area contributed by atoms with Gasteiger partial charge in [0.05, 0.1) is 9.75 Å². The maximum Gasteiger partial charge on any atom is 0.323 e. The third-order valence-electron chi connectivity index (χ3n) is 3.90. The molecule has 0 aliphatic carbocycles. The van der Waals surface area contributed by atoms with Crippen LogP contribution in [0.25, 0.3) is 22.2 Å². The van der Waals surface area contributed by atoms with E-state index >= 15 is 0 Å². The molecule has 3 amide bonds. The van der Waals surface area contributed by atoms with Gasteiger partial charge in [0.1, 0.15) is 0 Å². The van der Waals surface area contributed by atoms with E-state index < -0.39 is 5.91 Å². The van der Waals surface area contributed by atoms with Gasteiger partial charge in [-0.3, -0.25) is 4.79 Å². The number of anilines is 2. The highest BCUT2D eigenvalue weighted by Gasteiger charge is 2.15. The quantitative estimate of drug-likeness (QED) is 0.459. The lowest BCUT2D eigenvalue weighted by Crippen LogP contribution is -2.19. The molecule has 0 bridgehead atoms. The number of amides is 3. The van der Waals surface area contributed by atoms with Gasteiger partial charge in [-0.05, 0) is 36.4 Å². The zero-order chi connectivity index (χ0) is 20.2. The molecule has 0 aliphatic heterocycles. The maximum absolute atomic E-state index is 12.2. The van der Waals surface area contributed by atoms with E-state index in [1.807, 2.05) is 18.2 Å². The van der Waals surface area contributed by atoms with Gasteiger partial charge in [0, 0.05) is 16.9 Å². The highest BCUT2D eigenvalue weighted by molar-refractivity contribution is 7.17. The third kappa shape index (κ3) is 4.30. The lowest BCUT2D eigenvalue weighted by molar-refractivity contribution is 0.100. The number of carbonyl (C=O) groups excluding carboxylic acids is 2. The minimum Gasteiger partial charge on any atom is -0.365 e. The summed E-state index contributed by atoms with van der Waals surface area (Å²) in [4.78, 5) is 28.8. The van der Waals surface area contributed by atoms with E-state index in [-0.39, 0.29) is 11.9 Å². The van der Waals surface area contributed by atoms with Crippen molar-refractivity contribution in [1.29, 1.82) is 0 Å². The van der Waals surface area contributed by atoms with Gasteiger partial charge >= 0.3 is 6.03 Å². The summed E-state index contributed by atoms with van der Waals surface area (Å²) >= 11 is 1.18. The second kappa shape index (κ2) is 7.95. The number of urea groups is 1. The fourth-order valence-electron chi connectivity index (χ4n) is 2.58. The van der Waals surface area contributed by atoms with Gasteiger partial charge in [0.25, 0.3) is 11.8 Å². The van der Waals surface area contributed by atoms with Gasteiger partial charge in [0.2, 0.25) is 5.82 Å². The first-order valence-corrected chi connectivity index (χ1v) is 9.37. The third-order valence-corrected chi connectivity index (χ3v) is 4.98. The van der Waals surface area contributed by atoms with E-state index in [1.165, 1.54) is 11.3 Å². The van der Waals surface area contributed by atoms with Gasteiger partial charge in [0.15, 0.2) is 0 Å². The van der Waals surface area contributed by atoms with Crippen molar-refractivity contribution in [2.75, 3.05) is 10.6 Å². The summed E-state index contributed by atoms with van der Waals surface area (Å²) in [5.41, 5.74) is 7.21. The van der Waals surface area contributed by atoms with Gasteiger partial charge < -0.3 is 20.9 Å². The van der Waals surface area contributed by atoms with Gasteiger partial charge in [-0.25, -0.2) is 4.79 Å². The van der Waals surface area contributed by atoms with E-state index in [1.54, 1.807) is 48.5 Å². The van der Waals surface area contributed by atoms with Crippen LogP contribution in [0, 0.1) is 0 Å². The van der Waals surface area contributed by atoms with Crippen molar-refractivity contribution < 1.29 is 14.1 Å². The van der Waals surface area contributed by atoms with Crippen LogP contribution < -0.4 is 16.4 Å². The summed E-state index contributed by atoms with van der Waals surface area (Å²) in [6.45, 7) is 0. The molecule has 0 spiro atoms. The Morgan fingerprint density at radius 2 is 1.69 bits per heavy atom. The van der Waals surface area contributed by atoms with Crippen LogP contribution >= 0.6 is 11.3 Å². The van der Waals surface area contributed by atoms with Crippen molar-refractivity contribution in [2.45, 2.75) is 0 Å². The number of primary amides is 1. The Morgan fingerprint density at radius 3 is 2.45 bits per heavy atom. The van der Waals surface area contributed by atoms with Crippen molar-refractivity contribution in [3.05, 3.63) is 71.6 Å². The zero-order valence-corrected chi connectivity index (χ0v) is 15.8. The molecule has 0 saturated carbocycles. The summed E-state index contributed by atoms with van der Waals surface area (Å²) in [6, 6.07) is 19.2. The Hall–Kier alpha value is -3.98. The van der Waals surface area contributed by atoms with Crippen LogP contribution in [0.15, 0.2) is 71.3 Å². The number of benzene rings is 2. The first-order valence-electron chi connectivity index (χ1n) is 8.56. The van der Waals surface area contributed by atoms with E-state index in [0.717, 1.165) is 0 Å². The summed E-state index contributed by atoms with van der Waals surface area (Å²) in [5.74, 6) is 0.146. The van der Waals surface area contributed by atoms with Crippen LogP contribution in [0.2, 0.25) is 0 Å². The molecule has 0 aliphatic rings. The van der Waals surface area contributed by atoms with E-state index in [4.69, 9.17) is 10.3 Å². The predicted octanol–water partition coefficient (Wildman–Crippen LogP) is 4.21. The largest absolute Gasteiger partial charge is 0.365 e. The molecule has 8 nitrogen and oxygen atoms in total. The molecule has 29 heavy (non-hydrogen) atoms. The molecule has 0 saturated heterocycles. The van der Waals surface area contributed by atoms with Crippen molar-refractivity contribution in [1.82, 2.24) is 10.1 Å². The first-order chi connectivity index (χ1) is 14.1. The fourth-order valence-corrected chi connectivity index (χ4v) is 3.36. The second-order valence-electron chi connectivity index (χ2n) is 5.98. The molecular weight excluding hydrogens is 390 g/mol. The van der Waals surface area contributed by atoms with Gasteiger partial charge in [-0.2, -0.15) is 4.98 Å². The lowest BCUT2D eigenvalue weighted by Gasteiger charge is -2.08. The van der Waals surface area contributed by atoms with E-state index in [0.29, 0.717) is 32.5 Å². The standard InChI is InChI=1S/C20H15N5O3S/c21-17(26)15-9-10-16(29-15)19-24-18(25-28-19)12-5-4-8-14(11-12)23-20(27)22-13-6-2-1-3-7-13/h1-11H,(H2,21,26)(H2,22,23,27). The molecule has 4 rings (SSSR count). The fraction of sp³-hybridized carbons (Fsp3) is 0. The molecule has 4 aromatic rings. The van der Waals surface area contributed by atoms with Crippen LogP contribution in [0.4, 0.5) is 16.2 Å². The molecular formula is C20H15N5O3S. The molecule has 9 heteroatoms. The number of hydrogen-bond donors (Lipinski definition) is 3. The van der Waals surface area contributed by atoms with Crippen LogP contribution in [0.1, 0.15) is 9.67 Å². The number of rotatable bonds is 5. The van der Waals surface area contributed by atoms with Crippen LogP contribution in [-0.4, -0.2) is 22.1 Å². The predicted molar refractivity (Wildman–Crippen MR) is 111 cm³/mol. The molecule has 0 atom stereocenters. The van der Waals surface area contributed by atoms with Crippen molar-refractivity contribution >= 4 is 34.6 Å². The Bertz CT molecular complexity index is 1170.